The van der Waals surface area contributed by atoms with E-state index in [9.17, 15) is 19.0 Å². The zero-order chi connectivity index (χ0) is 40.3. The molecule has 1 unspecified atom stereocenters. The Morgan fingerprint density at radius 1 is 0.545 bits per heavy atom. The van der Waals surface area contributed by atoms with Gasteiger partial charge in [0.1, 0.15) is 6.61 Å². The maximum atomic E-state index is 12.4. The molecular formula is C45H70NO8P. The molecule has 0 radical (unpaired) electrons. The molecule has 0 aromatic heterocycles. The highest BCUT2D eigenvalue weighted by Gasteiger charge is 2.25. The van der Waals surface area contributed by atoms with E-state index in [1.807, 2.05) is 60.8 Å². The molecule has 0 aliphatic heterocycles. The van der Waals surface area contributed by atoms with Crippen LogP contribution >= 0.6 is 7.82 Å². The van der Waals surface area contributed by atoms with Gasteiger partial charge in [-0.1, -0.05) is 200 Å². The first-order valence-corrected chi connectivity index (χ1v) is 21.7. The van der Waals surface area contributed by atoms with Gasteiger partial charge in [0.05, 0.1) is 13.2 Å². The molecule has 0 saturated carbocycles. The van der Waals surface area contributed by atoms with Crippen LogP contribution in [-0.2, 0) is 32.7 Å². The molecule has 0 aliphatic rings. The third-order valence-corrected chi connectivity index (χ3v) is 8.72. The van der Waals surface area contributed by atoms with Gasteiger partial charge in [0, 0.05) is 18.7 Å². The third kappa shape index (κ3) is 39.9. The number of phosphoric acid groups is 1. The van der Waals surface area contributed by atoms with E-state index in [0.717, 1.165) is 12.8 Å². The van der Waals surface area contributed by atoms with Crippen molar-refractivity contribution in [1.82, 2.24) is 0 Å². The number of hydrogen-bond acceptors (Lipinski definition) is 8. The van der Waals surface area contributed by atoms with Crippen molar-refractivity contribution in [3.63, 3.8) is 0 Å². The van der Waals surface area contributed by atoms with Gasteiger partial charge < -0.3 is 20.1 Å². The summed E-state index contributed by atoms with van der Waals surface area (Å²) in [7, 11) is -4.45. The fourth-order valence-corrected chi connectivity index (χ4v) is 5.52. The Morgan fingerprint density at radius 3 is 1.40 bits per heavy atom. The molecule has 9 nitrogen and oxygen atoms in total. The molecular weight excluding hydrogens is 713 g/mol. The maximum absolute atomic E-state index is 12.4. The fraction of sp³-hybridized carbons (Fsp3) is 0.511. The molecule has 0 amide bonds. The highest BCUT2D eigenvalue weighted by Crippen LogP contribution is 2.43. The highest BCUT2D eigenvalue weighted by atomic mass is 31.2. The molecule has 0 rings (SSSR count). The minimum absolute atomic E-state index is 0.00808. The van der Waals surface area contributed by atoms with E-state index in [-0.39, 0.29) is 13.2 Å². The highest BCUT2D eigenvalue weighted by molar-refractivity contribution is 7.47. The summed E-state index contributed by atoms with van der Waals surface area (Å²) in [4.78, 5) is 34.5. The molecule has 308 valence electrons. The quantitative estimate of drug-likeness (QED) is 0.0212. The van der Waals surface area contributed by atoms with Crippen LogP contribution in [0.2, 0.25) is 0 Å². The van der Waals surface area contributed by atoms with Crippen molar-refractivity contribution >= 4 is 19.8 Å². The van der Waals surface area contributed by atoms with Crippen LogP contribution in [0.5, 0.6) is 0 Å². The molecule has 3 N–H and O–H groups in total. The number of hydrogen-bond donors (Lipinski definition) is 2. The predicted molar refractivity (Wildman–Crippen MR) is 228 cm³/mol. The van der Waals surface area contributed by atoms with Crippen LogP contribution in [0.1, 0.15) is 117 Å². The molecule has 0 aromatic carbocycles. The second-order valence-electron chi connectivity index (χ2n) is 12.8. The van der Waals surface area contributed by atoms with E-state index in [2.05, 4.69) is 26.0 Å². The summed E-state index contributed by atoms with van der Waals surface area (Å²) >= 11 is 0. The lowest BCUT2D eigenvalue weighted by atomic mass is 10.1. The Balaban J connectivity index is 4.67. The number of carbonyl (C=O) groups excluding carboxylic acids is 2. The molecule has 0 fully saturated rings. The van der Waals surface area contributed by atoms with Gasteiger partial charge in [0.2, 0.25) is 0 Å². The number of phosphoric ester groups is 1. The lowest BCUT2D eigenvalue weighted by molar-refractivity contribution is -0.154. The van der Waals surface area contributed by atoms with Crippen LogP contribution < -0.4 is 5.73 Å². The van der Waals surface area contributed by atoms with Crippen molar-refractivity contribution in [1.29, 1.82) is 0 Å². The number of carbonyl (C=O) groups is 2. The second kappa shape index (κ2) is 40.1. The minimum atomic E-state index is -4.45. The zero-order valence-electron chi connectivity index (χ0n) is 33.6. The normalized spacial score (nSPS) is 14.6. The number of nitrogens with two attached hydrogens (primary N) is 1. The molecule has 0 spiro atoms. The number of unbranched alkanes of at least 4 members (excludes halogenated alkanes) is 14. The number of esters is 2. The van der Waals surface area contributed by atoms with Crippen LogP contribution in [0.4, 0.5) is 0 Å². The lowest BCUT2D eigenvalue weighted by Crippen LogP contribution is -2.28. The van der Waals surface area contributed by atoms with Gasteiger partial charge in [-0.05, 0) is 25.7 Å². The standard InChI is InChI=1S/C45H70NO8P/c1-3-5-7-9-11-13-15-17-19-21-23-25-27-29-31-33-35-37-44(47)51-41-43(42-53-55(49,50)52-40-39-46)54-45(48)38-36-34-32-30-28-26-24-22-20-18-16-14-12-10-8-6-4-2/h19-38,43H,3-18,39-42,46H2,1-2H3,(H,49,50)/t43-/m1/s1. The van der Waals surface area contributed by atoms with Gasteiger partial charge in [0.15, 0.2) is 6.10 Å². The van der Waals surface area contributed by atoms with Crippen LogP contribution in [-0.4, -0.2) is 49.3 Å². The molecule has 0 heterocycles. The van der Waals surface area contributed by atoms with Crippen LogP contribution in [0.3, 0.4) is 0 Å². The molecule has 2 atom stereocenters. The summed E-state index contributed by atoms with van der Waals surface area (Å²) in [6, 6.07) is 0. The summed E-state index contributed by atoms with van der Waals surface area (Å²) in [5.41, 5.74) is 5.31. The van der Waals surface area contributed by atoms with Gasteiger partial charge >= 0.3 is 19.8 Å². The Hall–Kier alpha value is -3.59. The van der Waals surface area contributed by atoms with Gasteiger partial charge in [-0.15, -0.1) is 0 Å². The van der Waals surface area contributed by atoms with E-state index in [0.29, 0.717) is 0 Å². The molecule has 0 aromatic rings. The number of ether oxygens (including phenoxy) is 2. The van der Waals surface area contributed by atoms with E-state index >= 15 is 0 Å². The zero-order valence-corrected chi connectivity index (χ0v) is 34.5. The Labute approximate surface area is 332 Å². The van der Waals surface area contributed by atoms with Crippen molar-refractivity contribution in [2.24, 2.45) is 5.73 Å². The summed E-state index contributed by atoms with van der Waals surface area (Å²) < 4.78 is 32.2. The summed E-state index contributed by atoms with van der Waals surface area (Å²) in [6.07, 6.45) is 55.1. The van der Waals surface area contributed by atoms with Crippen molar-refractivity contribution in [3.05, 3.63) is 122 Å². The van der Waals surface area contributed by atoms with Gasteiger partial charge in [-0.3, -0.25) is 9.05 Å². The Kier molecular flexibility index (Phi) is 37.5. The topological polar surface area (TPSA) is 134 Å². The molecule has 10 heteroatoms. The number of rotatable bonds is 35. The molecule has 55 heavy (non-hydrogen) atoms. The average Bonchev–Trinajstić information content (AvgIpc) is 3.17. The second-order valence-corrected chi connectivity index (χ2v) is 14.2. The number of allylic oxidation sites excluding steroid dienone is 18. The summed E-state index contributed by atoms with van der Waals surface area (Å²) in [5.74, 6) is -1.46. The summed E-state index contributed by atoms with van der Waals surface area (Å²) in [5, 5.41) is 0. The monoisotopic (exact) mass is 783 g/mol. The van der Waals surface area contributed by atoms with Crippen LogP contribution in [0, 0.1) is 0 Å². The van der Waals surface area contributed by atoms with Gasteiger partial charge in [-0.2, -0.15) is 0 Å². The first-order chi connectivity index (χ1) is 26.8. The van der Waals surface area contributed by atoms with Crippen molar-refractivity contribution in [2.75, 3.05) is 26.4 Å². The molecule has 0 saturated heterocycles. The van der Waals surface area contributed by atoms with Crippen LogP contribution in [0.25, 0.3) is 0 Å². The van der Waals surface area contributed by atoms with Crippen LogP contribution in [0.15, 0.2) is 122 Å². The lowest BCUT2D eigenvalue weighted by Gasteiger charge is -2.18. The fourth-order valence-electron chi connectivity index (χ4n) is 4.75. The Bertz CT molecular complexity index is 1310. The average molecular weight is 784 g/mol. The van der Waals surface area contributed by atoms with Crippen molar-refractivity contribution in [3.8, 4) is 0 Å². The molecule has 0 aliphatic carbocycles. The SMILES string of the molecule is CCCCCCCCCC=CC=CC=CC=CC=CC(=O)OC[C@H](COP(=O)(O)OCCN)OC(=O)C=CC=CC=CC=CC=CCCCCCCCCC. The Morgan fingerprint density at radius 2 is 0.945 bits per heavy atom. The van der Waals surface area contributed by atoms with Gasteiger partial charge in [0.25, 0.3) is 0 Å². The first-order valence-electron chi connectivity index (χ1n) is 20.2. The van der Waals surface area contributed by atoms with Crippen molar-refractivity contribution < 1.29 is 37.6 Å². The van der Waals surface area contributed by atoms with Gasteiger partial charge in [-0.25, -0.2) is 14.2 Å². The smallest absolute Gasteiger partial charge is 0.458 e. The first kappa shape index (κ1) is 51.4. The minimum Gasteiger partial charge on any atom is -0.458 e. The largest absolute Gasteiger partial charge is 0.472 e. The van der Waals surface area contributed by atoms with E-state index in [4.69, 9.17) is 24.3 Å². The third-order valence-electron chi connectivity index (χ3n) is 7.73. The molecule has 0 bridgehead atoms. The predicted octanol–water partition coefficient (Wildman–Crippen LogP) is 11.4. The summed E-state index contributed by atoms with van der Waals surface area (Å²) in [6.45, 7) is 3.30. The van der Waals surface area contributed by atoms with E-state index < -0.39 is 39.1 Å². The maximum Gasteiger partial charge on any atom is 0.472 e. The van der Waals surface area contributed by atoms with Crippen molar-refractivity contribution in [2.45, 2.75) is 123 Å². The van der Waals surface area contributed by atoms with E-state index in [1.54, 1.807) is 24.3 Å². The van der Waals surface area contributed by atoms with E-state index in [1.165, 1.54) is 114 Å².